The Morgan fingerprint density at radius 1 is 1.40 bits per heavy atom. The third-order valence-corrected chi connectivity index (χ3v) is 2.81. The van der Waals surface area contributed by atoms with E-state index in [1.807, 2.05) is 13.8 Å². The van der Waals surface area contributed by atoms with Gasteiger partial charge in [-0.3, -0.25) is 0 Å². The van der Waals surface area contributed by atoms with E-state index in [9.17, 15) is 4.79 Å². The lowest BCUT2D eigenvalue weighted by Crippen LogP contribution is -2.10. The molecule has 0 radical (unpaired) electrons. The van der Waals surface area contributed by atoms with Gasteiger partial charge in [0.1, 0.15) is 6.54 Å². The Balaban J connectivity index is 2.26. The van der Waals surface area contributed by atoms with E-state index < -0.39 is 5.97 Å². The molecule has 2 rings (SSSR count). The van der Waals surface area contributed by atoms with Gasteiger partial charge in [-0.25, -0.2) is 9.48 Å². The fourth-order valence-electron chi connectivity index (χ4n) is 1.83. The molecule has 2 heterocycles. The predicted octanol–water partition coefficient (Wildman–Crippen LogP) is 1.01. The average molecular weight is 279 g/mol. The first-order chi connectivity index (χ1) is 9.69. The summed E-state index contributed by atoms with van der Waals surface area (Å²) in [4.78, 5) is 15.9. The number of rotatable bonds is 6. The molecule has 2 aromatic rings. The number of ether oxygens (including phenoxy) is 1. The van der Waals surface area contributed by atoms with Crippen LogP contribution in [0.5, 0.6) is 0 Å². The van der Waals surface area contributed by atoms with Crippen LogP contribution in [-0.2, 0) is 24.1 Å². The van der Waals surface area contributed by atoms with Crippen molar-refractivity contribution in [2.75, 3.05) is 7.11 Å². The van der Waals surface area contributed by atoms with E-state index in [-0.39, 0.29) is 5.69 Å². The summed E-state index contributed by atoms with van der Waals surface area (Å²) in [5.74, 6) is 0.602. The summed E-state index contributed by atoms with van der Waals surface area (Å²) in [6, 6.07) is 0. The van der Waals surface area contributed by atoms with Gasteiger partial charge >= 0.3 is 5.97 Å². The Morgan fingerprint density at radius 3 is 2.80 bits per heavy atom. The molecule has 0 spiro atoms. The zero-order valence-electron chi connectivity index (χ0n) is 11.8. The number of carbonyl (C=O) groups is 1. The molecule has 0 aliphatic carbocycles. The molecule has 0 amide bonds. The molecule has 8 heteroatoms. The number of hydrogen-bond acceptors (Lipinski definition) is 7. The fourth-order valence-corrected chi connectivity index (χ4v) is 1.83. The van der Waals surface area contributed by atoms with Crippen LogP contribution >= 0.6 is 0 Å². The highest BCUT2D eigenvalue weighted by Crippen LogP contribution is 2.12. The number of hydrogen-bond donors (Lipinski definition) is 0. The summed E-state index contributed by atoms with van der Waals surface area (Å²) in [6.45, 7) is 4.26. The predicted molar refractivity (Wildman–Crippen MR) is 68.1 cm³/mol. The van der Waals surface area contributed by atoms with Crippen LogP contribution in [0.15, 0.2) is 4.52 Å². The van der Waals surface area contributed by atoms with E-state index in [4.69, 9.17) is 9.26 Å². The molecule has 0 unspecified atom stereocenters. The molecule has 0 bridgehead atoms. The Hall–Kier alpha value is -2.25. The van der Waals surface area contributed by atoms with Gasteiger partial charge in [-0.15, -0.1) is 5.10 Å². The van der Waals surface area contributed by atoms with Gasteiger partial charge in [0.05, 0.1) is 12.8 Å². The van der Waals surface area contributed by atoms with E-state index in [0.29, 0.717) is 31.1 Å². The molecule has 0 fully saturated rings. The zero-order valence-corrected chi connectivity index (χ0v) is 11.8. The summed E-state index contributed by atoms with van der Waals surface area (Å²) in [7, 11) is 1.32. The van der Waals surface area contributed by atoms with E-state index in [1.54, 1.807) is 4.68 Å². The quantitative estimate of drug-likeness (QED) is 0.728. The maximum atomic E-state index is 11.6. The SMILES string of the molecule is CCCc1c(C(=O)OC)nnn1Cc1nc(CC)no1. The van der Waals surface area contributed by atoms with E-state index in [0.717, 1.165) is 12.1 Å². The largest absolute Gasteiger partial charge is 0.464 e. The van der Waals surface area contributed by atoms with Crippen molar-refractivity contribution < 1.29 is 14.1 Å². The molecule has 0 N–H and O–H groups in total. The molecule has 2 aromatic heterocycles. The van der Waals surface area contributed by atoms with Crippen LogP contribution in [0, 0.1) is 0 Å². The summed E-state index contributed by atoms with van der Waals surface area (Å²) in [5, 5.41) is 11.7. The minimum Gasteiger partial charge on any atom is -0.464 e. The van der Waals surface area contributed by atoms with E-state index in [2.05, 4.69) is 20.5 Å². The van der Waals surface area contributed by atoms with Crippen LogP contribution in [0.2, 0.25) is 0 Å². The smallest absolute Gasteiger partial charge is 0.360 e. The molecule has 0 aromatic carbocycles. The number of aromatic nitrogens is 5. The maximum Gasteiger partial charge on any atom is 0.360 e. The number of methoxy groups -OCH3 is 1. The highest BCUT2D eigenvalue weighted by molar-refractivity contribution is 5.88. The van der Waals surface area contributed by atoms with Gasteiger partial charge in [-0.1, -0.05) is 30.6 Å². The van der Waals surface area contributed by atoms with Gasteiger partial charge in [-0.05, 0) is 6.42 Å². The second-order valence-corrected chi connectivity index (χ2v) is 4.24. The molecular weight excluding hydrogens is 262 g/mol. The lowest BCUT2D eigenvalue weighted by molar-refractivity contribution is 0.0592. The molecule has 0 atom stereocenters. The fraction of sp³-hybridized carbons (Fsp3) is 0.583. The Labute approximate surface area is 116 Å². The zero-order chi connectivity index (χ0) is 14.5. The van der Waals surface area contributed by atoms with Crippen molar-refractivity contribution in [3.8, 4) is 0 Å². The second kappa shape index (κ2) is 6.27. The molecular formula is C12H17N5O3. The summed E-state index contributed by atoms with van der Waals surface area (Å²) in [6.07, 6.45) is 2.24. The Morgan fingerprint density at radius 2 is 2.20 bits per heavy atom. The van der Waals surface area contributed by atoms with Gasteiger partial charge in [0.15, 0.2) is 11.5 Å². The molecule has 0 aliphatic rings. The van der Waals surface area contributed by atoms with Crippen LogP contribution in [0.3, 0.4) is 0 Å². The van der Waals surface area contributed by atoms with Crippen molar-refractivity contribution in [1.82, 2.24) is 25.1 Å². The molecule has 108 valence electrons. The third-order valence-electron chi connectivity index (χ3n) is 2.81. The number of aryl methyl sites for hydroxylation is 1. The molecule has 8 nitrogen and oxygen atoms in total. The average Bonchev–Trinajstić information content (AvgIpc) is 3.07. The van der Waals surface area contributed by atoms with Crippen molar-refractivity contribution in [3.63, 3.8) is 0 Å². The molecule has 0 aliphatic heterocycles. The van der Waals surface area contributed by atoms with Gasteiger partial charge < -0.3 is 9.26 Å². The molecule has 20 heavy (non-hydrogen) atoms. The van der Waals surface area contributed by atoms with Crippen LogP contribution in [0.4, 0.5) is 0 Å². The Kier molecular flexibility index (Phi) is 4.44. The topological polar surface area (TPSA) is 95.9 Å². The van der Waals surface area contributed by atoms with Crippen LogP contribution in [0.25, 0.3) is 0 Å². The summed E-state index contributed by atoms with van der Waals surface area (Å²) in [5.41, 5.74) is 0.958. The standard InChI is InChI=1S/C12H17N5O3/c1-4-6-8-11(12(18)19-3)14-16-17(8)7-10-13-9(5-2)15-20-10/h4-7H2,1-3H3. The first kappa shape index (κ1) is 14.2. The van der Waals surface area contributed by atoms with Gasteiger partial charge in [0.2, 0.25) is 5.89 Å². The summed E-state index contributed by atoms with van der Waals surface area (Å²) < 4.78 is 11.4. The van der Waals surface area contributed by atoms with E-state index in [1.165, 1.54) is 7.11 Å². The lowest BCUT2D eigenvalue weighted by atomic mass is 10.2. The molecule has 0 saturated heterocycles. The Bertz CT molecular complexity index is 590. The van der Waals surface area contributed by atoms with Crippen LogP contribution < -0.4 is 0 Å². The first-order valence-corrected chi connectivity index (χ1v) is 6.51. The first-order valence-electron chi connectivity index (χ1n) is 6.51. The van der Waals surface area contributed by atoms with Crippen LogP contribution in [0.1, 0.15) is 48.2 Å². The number of nitrogens with zero attached hydrogens (tertiary/aromatic N) is 5. The van der Waals surface area contributed by atoms with Crippen molar-refractivity contribution >= 4 is 5.97 Å². The van der Waals surface area contributed by atoms with Gasteiger partial charge in [0, 0.05) is 6.42 Å². The number of carbonyl (C=O) groups excluding carboxylic acids is 1. The van der Waals surface area contributed by atoms with Gasteiger partial charge in [0.25, 0.3) is 0 Å². The normalized spacial score (nSPS) is 10.8. The highest BCUT2D eigenvalue weighted by Gasteiger charge is 2.20. The van der Waals surface area contributed by atoms with Gasteiger partial charge in [-0.2, -0.15) is 4.98 Å². The number of esters is 1. The van der Waals surface area contributed by atoms with Crippen molar-refractivity contribution in [2.24, 2.45) is 0 Å². The minimum absolute atomic E-state index is 0.240. The second-order valence-electron chi connectivity index (χ2n) is 4.24. The van der Waals surface area contributed by atoms with Crippen molar-refractivity contribution in [1.29, 1.82) is 0 Å². The monoisotopic (exact) mass is 279 g/mol. The van der Waals surface area contributed by atoms with Crippen LogP contribution in [-0.4, -0.2) is 38.2 Å². The van der Waals surface area contributed by atoms with Crippen molar-refractivity contribution in [3.05, 3.63) is 23.1 Å². The lowest BCUT2D eigenvalue weighted by Gasteiger charge is -2.03. The van der Waals surface area contributed by atoms with Crippen molar-refractivity contribution in [2.45, 2.75) is 39.7 Å². The minimum atomic E-state index is -0.487. The maximum absolute atomic E-state index is 11.6. The summed E-state index contributed by atoms with van der Waals surface area (Å²) >= 11 is 0. The van der Waals surface area contributed by atoms with E-state index >= 15 is 0 Å². The highest BCUT2D eigenvalue weighted by atomic mass is 16.5. The molecule has 0 saturated carbocycles. The third kappa shape index (κ3) is 2.84.